The van der Waals surface area contributed by atoms with Crippen molar-refractivity contribution in [1.29, 1.82) is 0 Å². The molecule has 0 rings (SSSR count). The van der Waals surface area contributed by atoms with Crippen molar-refractivity contribution in [3.63, 3.8) is 0 Å². The molecule has 0 fully saturated rings. The lowest BCUT2D eigenvalue weighted by atomic mass is 10.1. The molecule has 67 valence electrons. The molecule has 0 aromatic heterocycles. The molecule has 0 saturated heterocycles. The second-order valence-corrected chi connectivity index (χ2v) is 2.88. The van der Waals surface area contributed by atoms with Gasteiger partial charge in [-0.1, -0.05) is 33.6 Å². The van der Waals surface area contributed by atoms with Gasteiger partial charge in [-0.2, -0.15) is 0 Å². The Morgan fingerprint density at radius 2 is 2.00 bits per heavy atom. The highest BCUT2D eigenvalue weighted by Crippen LogP contribution is 2.05. The summed E-state index contributed by atoms with van der Waals surface area (Å²) in [4.78, 5) is 0. The fourth-order valence-corrected chi connectivity index (χ4v) is 1.01. The van der Waals surface area contributed by atoms with Crippen LogP contribution in [0.1, 0.15) is 46.5 Å². The van der Waals surface area contributed by atoms with Gasteiger partial charge >= 0.3 is 0 Å². The molecule has 11 heavy (non-hydrogen) atoms. The van der Waals surface area contributed by atoms with E-state index in [2.05, 4.69) is 27.2 Å². The third kappa shape index (κ3) is 6.36. The van der Waals surface area contributed by atoms with Crippen LogP contribution in [0.15, 0.2) is 0 Å². The lowest BCUT2D eigenvalue weighted by molar-refractivity contribution is 0.0667. The first kappa shape index (κ1) is 11.0. The van der Waals surface area contributed by atoms with Crippen LogP contribution in [-0.2, 0) is 4.74 Å². The summed E-state index contributed by atoms with van der Waals surface area (Å²) in [6, 6.07) is 0. The Balaban J connectivity index is 3.20. The minimum absolute atomic E-state index is 0.395. The minimum atomic E-state index is 0.395. The van der Waals surface area contributed by atoms with Crippen LogP contribution < -0.4 is 0 Å². The van der Waals surface area contributed by atoms with E-state index in [0.29, 0.717) is 6.10 Å². The van der Waals surface area contributed by atoms with E-state index in [1.54, 1.807) is 0 Å². The Labute approximate surface area is 71.1 Å². The van der Waals surface area contributed by atoms with Gasteiger partial charge in [0, 0.05) is 6.61 Å². The number of unbranched alkanes of at least 4 members (excludes halogenated alkanes) is 1. The molecular weight excluding hydrogens is 136 g/mol. The number of ether oxygens (including phenoxy) is 1. The topological polar surface area (TPSA) is 9.23 Å². The molecule has 0 N–H and O–H groups in total. The molecule has 1 atom stereocenters. The van der Waals surface area contributed by atoms with Crippen LogP contribution in [0.2, 0.25) is 0 Å². The van der Waals surface area contributed by atoms with E-state index in [1.807, 2.05) is 0 Å². The molecule has 1 radical (unpaired) electrons. The molecule has 0 aliphatic heterocycles. The normalized spacial score (nSPS) is 13.4. The Hall–Kier alpha value is -0.0400. The summed E-state index contributed by atoms with van der Waals surface area (Å²) in [6.07, 6.45) is 7.34. The zero-order valence-corrected chi connectivity index (χ0v) is 8.10. The first-order valence-electron chi connectivity index (χ1n) is 4.76. The van der Waals surface area contributed by atoms with Crippen molar-refractivity contribution in [3.8, 4) is 0 Å². The SMILES string of the molecule is C[CH]C(CCC)OCCCC. The Bertz CT molecular complexity index is 71.3. The van der Waals surface area contributed by atoms with Crippen LogP contribution in [0.4, 0.5) is 0 Å². The van der Waals surface area contributed by atoms with Crippen LogP contribution >= 0.6 is 0 Å². The van der Waals surface area contributed by atoms with E-state index in [9.17, 15) is 0 Å². The van der Waals surface area contributed by atoms with Gasteiger partial charge in [-0.05, 0) is 19.3 Å². The maximum atomic E-state index is 5.62. The number of hydrogen-bond donors (Lipinski definition) is 0. The largest absolute Gasteiger partial charge is 0.378 e. The summed E-state index contributed by atoms with van der Waals surface area (Å²) in [5.41, 5.74) is 0. The van der Waals surface area contributed by atoms with E-state index in [-0.39, 0.29) is 0 Å². The van der Waals surface area contributed by atoms with E-state index in [0.717, 1.165) is 6.61 Å². The van der Waals surface area contributed by atoms with Gasteiger partial charge in [0.15, 0.2) is 0 Å². The zero-order chi connectivity index (χ0) is 8.53. The lowest BCUT2D eigenvalue weighted by Gasteiger charge is -2.13. The molecule has 1 nitrogen and oxygen atoms in total. The molecular formula is C10H21O. The molecule has 0 heterocycles. The third-order valence-corrected chi connectivity index (χ3v) is 1.77. The van der Waals surface area contributed by atoms with E-state index < -0.39 is 0 Å². The Morgan fingerprint density at radius 1 is 1.27 bits per heavy atom. The van der Waals surface area contributed by atoms with Gasteiger partial charge in [0.05, 0.1) is 6.10 Å². The van der Waals surface area contributed by atoms with Crippen molar-refractivity contribution in [1.82, 2.24) is 0 Å². The fraction of sp³-hybridized carbons (Fsp3) is 0.900. The lowest BCUT2D eigenvalue weighted by Crippen LogP contribution is -2.12. The monoisotopic (exact) mass is 157 g/mol. The van der Waals surface area contributed by atoms with Crippen molar-refractivity contribution >= 4 is 0 Å². The Kier molecular flexibility index (Phi) is 8.03. The van der Waals surface area contributed by atoms with Crippen LogP contribution in [0.5, 0.6) is 0 Å². The zero-order valence-electron chi connectivity index (χ0n) is 8.10. The van der Waals surface area contributed by atoms with Crippen molar-refractivity contribution in [2.45, 2.75) is 52.6 Å². The number of hydrogen-bond acceptors (Lipinski definition) is 1. The van der Waals surface area contributed by atoms with E-state index >= 15 is 0 Å². The highest BCUT2D eigenvalue weighted by molar-refractivity contribution is 4.70. The molecule has 0 aromatic carbocycles. The van der Waals surface area contributed by atoms with Crippen LogP contribution in [-0.4, -0.2) is 12.7 Å². The smallest absolute Gasteiger partial charge is 0.0604 e. The maximum absolute atomic E-state index is 5.62. The van der Waals surface area contributed by atoms with Gasteiger partial charge in [0.2, 0.25) is 0 Å². The first-order valence-corrected chi connectivity index (χ1v) is 4.76. The Morgan fingerprint density at radius 3 is 2.45 bits per heavy atom. The van der Waals surface area contributed by atoms with Crippen molar-refractivity contribution in [3.05, 3.63) is 6.42 Å². The molecule has 0 aromatic rings. The second kappa shape index (κ2) is 8.06. The van der Waals surface area contributed by atoms with E-state index in [1.165, 1.54) is 25.7 Å². The van der Waals surface area contributed by atoms with Crippen LogP contribution in [0.25, 0.3) is 0 Å². The summed E-state index contributed by atoms with van der Waals surface area (Å²) >= 11 is 0. The van der Waals surface area contributed by atoms with Crippen molar-refractivity contribution < 1.29 is 4.74 Å². The van der Waals surface area contributed by atoms with Gasteiger partial charge in [-0.3, -0.25) is 0 Å². The van der Waals surface area contributed by atoms with Gasteiger partial charge in [-0.15, -0.1) is 0 Å². The summed E-state index contributed by atoms with van der Waals surface area (Å²) in [5, 5.41) is 0. The summed E-state index contributed by atoms with van der Waals surface area (Å²) in [7, 11) is 0. The summed E-state index contributed by atoms with van der Waals surface area (Å²) < 4.78 is 5.62. The van der Waals surface area contributed by atoms with Gasteiger partial charge in [0.25, 0.3) is 0 Å². The van der Waals surface area contributed by atoms with Crippen molar-refractivity contribution in [2.24, 2.45) is 0 Å². The number of rotatable bonds is 7. The molecule has 0 aliphatic carbocycles. The average Bonchev–Trinajstić information content (AvgIpc) is 2.03. The summed E-state index contributed by atoms with van der Waals surface area (Å²) in [5.74, 6) is 0. The highest BCUT2D eigenvalue weighted by atomic mass is 16.5. The minimum Gasteiger partial charge on any atom is -0.378 e. The highest BCUT2D eigenvalue weighted by Gasteiger charge is 2.03. The maximum Gasteiger partial charge on any atom is 0.0604 e. The standard InChI is InChI=1S/C10H21O/c1-4-7-9-11-10(6-3)8-5-2/h6,10H,4-5,7-9H2,1-3H3. The predicted octanol–water partition coefficient (Wildman–Crippen LogP) is 3.20. The quantitative estimate of drug-likeness (QED) is 0.516. The molecule has 1 unspecified atom stereocenters. The molecule has 0 spiro atoms. The van der Waals surface area contributed by atoms with Crippen molar-refractivity contribution in [2.75, 3.05) is 6.61 Å². The summed E-state index contributed by atoms with van der Waals surface area (Å²) in [6.45, 7) is 7.38. The van der Waals surface area contributed by atoms with Crippen LogP contribution in [0.3, 0.4) is 0 Å². The fourth-order valence-electron chi connectivity index (χ4n) is 1.01. The molecule has 0 aliphatic rings. The third-order valence-electron chi connectivity index (χ3n) is 1.77. The van der Waals surface area contributed by atoms with Crippen LogP contribution in [0, 0.1) is 6.42 Å². The molecule has 0 bridgehead atoms. The first-order chi connectivity index (χ1) is 5.35. The molecule has 0 amide bonds. The molecule has 0 saturated carbocycles. The average molecular weight is 157 g/mol. The molecule has 1 heteroatoms. The predicted molar refractivity (Wildman–Crippen MR) is 49.5 cm³/mol. The van der Waals surface area contributed by atoms with Gasteiger partial charge < -0.3 is 4.74 Å². The van der Waals surface area contributed by atoms with Gasteiger partial charge in [-0.25, -0.2) is 0 Å². The van der Waals surface area contributed by atoms with E-state index in [4.69, 9.17) is 4.74 Å². The second-order valence-electron chi connectivity index (χ2n) is 2.88. The van der Waals surface area contributed by atoms with Gasteiger partial charge in [0.1, 0.15) is 0 Å².